The van der Waals surface area contributed by atoms with Crippen molar-refractivity contribution < 1.29 is 14.3 Å². The zero-order valence-corrected chi connectivity index (χ0v) is 19.8. The largest absolute Gasteiger partial charge is 0.493 e. The van der Waals surface area contributed by atoms with Gasteiger partial charge in [-0.05, 0) is 55.0 Å². The Labute approximate surface area is 202 Å². The van der Waals surface area contributed by atoms with Gasteiger partial charge in [-0.1, -0.05) is 12.1 Å². The number of aryl methyl sites for hydroxylation is 1. The molecule has 2 heterocycles. The Balaban J connectivity index is 1.47. The first kappa shape index (κ1) is 23.6. The lowest BCUT2D eigenvalue weighted by molar-refractivity contribution is 0.252. The molecule has 2 aromatic heterocycles. The highest BCUT2D eigenvalue weighted by molar-refractivity contribution is 5.90. The second-order valence-electron chi connectivity index (χ2n) is 7.74. The summed E-state index contributed by atoms with van der Waals surface area (Å²) < 4.78 is 10.7. The first-order chi connectivity index (χ1) is 17.0. The molecule has 35 heavy (non-hydrogen) atoms. The summed E-state index contributed by atoms with van der Waals surface area (Å²) in [6.07, 6.45) is 0. The number of nitrogens with zero attached hydrogens (tertiary/aromatic N) is 3. The van der Waals surface area contributed by atoms with Gasteiger partial charge in [-0.2, -0.15) is 4.98 Å². The summed E-state index contributed by atoms with van der Waals surface area (Å²) in [6.45, 7) is 2.74. The number of carbonyl (C=O) groups excluding carboxylic acids is 1. The van der Waals surface area contributed by atoms with Crippen LogP contribution in [0.3, 0.4) is 0 Å². The van der Waals surface area contributed by atoms with Crippen LogP contribution in [0.25, 0.3) is 22.3 Å². The third kappa shape index (κ3) is 5.67. The molecule has 0 saturated carbocycles. The minimum Gasteiger partial charge on any atom is -0.493 e. The summed E-state index contributed by atoms with van der Waals surface area (Å²) in [5.41, 5.74) is 10.4. The fraction of sp³-hybridized carbons (Fsp3) is 0.200. The van der Waals surface area contributed by atoms with E-state index in [-0.39, 0.29) is 12.0 Å². The number of nitrogens with one attached hydrogen (secondary N) is 3. The minimum atomic E-state index is -0.293. The Morgan fingerprint density at radius 3 is 2.54 bits per heavy atom. The zero-order chi connectivity index (χ0) is 24.8. The van der Waals surface area contributed by atoms with Crippen molar-refractivity contribution in [1.29, 1.82) is 0 Å². The van der Waals surface area contributed by atoms with E-state index in [4.69, 9.17) is 20.2 Å². The van der Waals surface area contributed by atoms with E-state index >= 15 is 0 Å². The smallest absolute Gasteiger partial charge is 0.319 e. The number of nitrogens with two attached hydrogens (primary N) is 1. The van der Waals surface area contributed by atoms with Crippen molar-refractivity contribution >= 4 is 34.5 Å². The van der Waals surface area contributed by atoms with E-state index in [1.165, 1.54) is 0 Å². The monoisotopic (exact) mass is 473 g/mol. The number of nitrogen functional groups attached to an aromatic ring is 1. The van der Waals surface area contributed by atoms with Gasteiger partial charge in [-0.3, -0.25) is 0 Å². The number of anilines is 3. The van der Waals surface area contributed by atoms with Crippen molar-refractivity contribution in [2.75, 3.05) is 43.7 Å². The molecule has 0 unspecified atom stereocenters. The van der Waals surface area contributed by atoms with Gasteiger partial charge in [0.05, 0.1) is 25.4 Å². The summed E-state index contributed by atoms with van der Waals surface area (Å²) in [5, 5.41) is 8.81. The summed E-state index contributed by atoms with van der Waals surface area (Å²) in [5.74, 6) is 1.85. The number of carbonyl (C=O) groups is 1. The van der Waals surface area contributed by atoms with Crippen molar-refractivity contribution in [3.8, 4) is 22.8 Å². The maximum Gasteiger partial charge on any atom is 0.319 e. The van der Waals surface area contributed by atoms with E-state index in [9.17, 15) is 4.79 Å². The van der Waals surface area contributed by atoms with Crippen LogP contribution in [-0.4, -0.2) is 48.3 Å². The van der Waals surface area contributed by atoms with E-state index < -0.39 is 0 Å². The summed E-state index contributed by atoms with van der Waals surface area (Å²) >= 11 is 0. The number of fused-ring (bicyclic) bond motifs is 1. The molecular weight excluding hydrogens is 446 g/mol. The quantitative estimate of drug-likeness (QED) is 0.284. The molecule has 0 aliphatic heterocycles. The lowest BCUT2D eigenvalue weighted by atomic mass is 10.1. The Morgan fingerprint density at radius 2 is 1.77 bits per heavy atom. The SMILES string of the molecule is COc1ccc(-c2ccc3nc(N)nc(NCCNC(=O)Nc4cccc(C)c4)c3n2)cc1OC. The number of methoxy groups -OCH3 is 2. The summed E-state index contributed by atoms with van der Waals surface area (Å²) in [4.78, 5) is 25.5. The van der Waals surface area contributed by atoms with E-state index in [0.717, 1.165) is 16.8 Å². The molecule has 0 atom stereocenters. The molecule has 10 heteroatoms. The lowest BCUT2D eigenvalue weighted by Gasteiger charge is -2.12. The molecule has 0 aliphatic carbocycles. The van der Waals surface area contributed by atoms with E-state index in [2.05, 4.69) is 25.9 Å². The zero-order valence-electron chi connectivity index (χ0n) is 19.8. The average Bonchev–Trinajstić information content (AvgIpc) is 2.85. The van der Waals surface area contributed by atoms with Crippen LogP contribution in [0, 0.1) is 6.92 Å². The summed E-state index contributed by atoms with van der Waals surface area (Å²) in [7, 11) is 3.18. The Kier molecular flexibility index (Phi) is 7.10. The topological polar surface area (TPSA) is 136 Å². The highest BCUT2D eigenvalue weighted by atomic mass is 16.5. The number of benzene rings is 2. The standard InChI is InChI=1S/C25H27N7O3/c1-15-5-4-6-17(13-15)29-25(33)28-12-11-27-23-22-19(31-24(26)32-23)9-8-18(30-22)16-7-10-20(34-2)21(14-16)35-3/h4-10,13-14H,11-12H2,1-3H3,(H2,28,29,33)(H3,26,27,31,32). The molecule has 0 spiro atoms. The number of hydrogen-bond acceptors (Lipinski definition) is 8. The van der Waals surface area contributed by atoms with Crippen LogP contribution < -0.4 is 31.2 Å². The Hall–Kier alpha value is -4.60. The Morgan fingerprint density at radius 1 is 0.943 bits per heavy atom. The number of hydrogen-bond donors (Lipinski definition) is 4. The van der Waals surface area contributed by atoms with E-state index in [0.29, 0.717) is 47.1 Å². The maximum atomic E-state index is 12.2. The normalized spacial score (nSPS) is 10.6. The van der Waals surface area contributed by atoms with Crippen LogP contribution >= 0.6 is 0 Å². The third-order valence-electron chi connectivity index (χ3n) is 5.22. The van der Waals surface area contributed by atoms with Gasteiger partial charge < -0.3 is 31.2 Å². The highest BCUT2D eigenvalue weighted by Gasteiger charge is 2.12. The molecule has 10 nitrogen and oxygen atoms in total. The predicted octanol–water partition coefficient (Wildman–Crippen LogP) is 3.83. The second kappa shape index (κ2) is 10.6. The van der Waals surface area contributed by atoms with Gasteiger partial charge in [0.1, 0.15) is 5.52 Å². The van der Waals surface area contributed by atoms with Gasteiger partial charge in [0.25, 0.3) is 0 Å². The van der Waals surface area contributed by atoms with Crippen molar-refractivity contribution in [2.24, 2.45) is 0 Å². The number of ether oxygens (including phenoxy) is 2. The number of aromatic nitrogens is 3. The lowest BCUT2D eigenvalue weighted by Crippen LogP contribution is -2.32. The molecule has 2 aromatic carbocycles. The molecule has 0 fully saturated rings. The van der Waals surface area contributed by atoms with Crippen LogP contribution in [0.5, 0.6) is 11.5 Å². The fourth-order valence-corrected chi connectivity index (χ4v) is 3.57. The third-order valence-corrected chi connectivity index (χ3v) is 5.22. The number of pyridine rings is 1. The van der Waals surface area contributed by atoms with Gasteiger partial charge in [-0.15, -0.1) is 0 Å². The van der Waals surface area contributed by atoms with Gasteiger partial charge in [-0.25, -0.2) is 14.8 Å². The first-order valence-corrected chi connectivity index (χ1v) is 11.0. The van der Waals surface area contributed by atoms with Crippen LogP contribution in [0.15, 0.2) is 54.6 Å². The maximum absolute atomic E-state index is 12.2. The fourth-order valence-electron chi connectivity index (χ4n) is 3.57. The van der Waals surface area contributed by atoms with Gasteiger partial charge in [0, 0.05) is 24.3 Å². The van der Waals surface area contributed by atoms with Crippen molar-refractivity contribution in [3.63, 3.8) is 0 Å². The molecule has 5 N–H and O–H groups in total. The van der Waals surface area contributed by atoms with Crippen molar-refractivity contribution in [2.45, 2.75) is 6.92 Å². The van der Waals surface area contributed by atoms with Crippen LogP contribution in [-0.2, 0) is 0 Å². The van der Waals surface area contributed by atoms with Gasteiger partial charge in [0.15, 0.2) is 17.3 Å². The summed E-state index contributed by atoms with van der Waals surface area (Å²) in [6, 6.07) is 16.6. The predicted molar refractivity (Wildman–Crippen MR) is 137 cm³/mol. The van der Waals surface area contributed by atoms with Crippen LogP contribution in [0.2, 0.25) is 0 Å². The highest BCUT2D eigenvalue weighted by Crippen LogP contribution is 2.32. The number of urea groups is 1. The van der Waals surface area contributed by atoms with E-state index in [1.807, 2.05) is 61.5 Å². The molecule has 4 rings (SSSR count). The number of amides is 2. The van der Waals surface area contributed by atoms with Crippen molar-refractivity contribution in [1.82, 2.24) is 20.3 Å². The molecule has 0 saturated heterocycles. The van der Waals surface area contributed by atoms with Gasteiger partial charge in [0.2, 0.25) is 5.95 Å². The van der Waals surface area contributed by atoms with Crippen LogP contribution in [0.4, 0.5) is 22.2 Å². The molecule has 0 bridgehead atoms. The molecule has 4 aromatic rings. The first-order valence-electron chi connectivity index (χ1n) is 11.0. The number of rotatable bonds is 8. The second-order valence-corrected chi connectivity index (χ2v) is 7.74. The van der Waals surface area contributed by atoms with Crippen molar-refractivity contribution in [3.05, 3.63) is 60.2 Å². The average molecular weight is 474 g/mol. The van der Waals surface area contributed by atoms with E-state index in [1.54, 1.807) is 14.2 Å². The molecular formula is C25H27N7O3. The Bertz CT molecular complexity index is 1360. The molecule has 0 radical (unpaired) electrons. The van der Waals surface area contributed by atoms with Gasteiger partial charge >= 0.3 is 6.03 Å². The van der Waals surface area contributed by atoms with Crippen LogP contribution in [0.1, 0.15) is 5.56 Å². The molecule has 2 amide bonds. The minimum absolute atomic E-state index is 0.130. The molecule has 180 valence electrons. The molecule has 0 aliphatic rings.